The van der Waals surface area contributed by atoms with Crippen molar-refractivity contribution in [3.8, 4) is 5.75 Å². The highest BCUT2D eigenvalue weighted by atomic mass is 16.7. The molecule has 23 heavy (non-hydrogen) atoms. The van der Waals surface area contributed by atoms with E-state index in [-0.39, 0.29) is 12.0 Å². The Kier molecular flexibility index (Phi) is 4.52. The van der Waals surface area contributed by atoms with Gasteiger partial charge < -0.3 is 19.6 Å². The molecule has 1 amide bonds. The van der Waals surface area contributed by atoms with Gasteiger partial charge >= 0.3 is 0 Å². The number of nitrogens with zero attached hydrogens (tertiary/aromatic N) is 1. The summed E-state index contributed by atoms with van der Waals surface area (Å²) in [4.78, 5) is 17.9. The van der Waals surface area contributed by atoms with Crippen LogP contribution in [0.15, 0.2) is 29.4 Å². The highest BCUT2D eigenvalue weighted by Crippen LogP contribution is 2.30. The molecule has 1 aromatic carbocycles. The average molecular weight is 318 g/mol. The SMILES string of the molecule is COc1ccccc1C1=NO[C@](C)(C(=O)NC[C@@H]2CCCO2)C1. The van der Waals surface area contributed by atoms with Crippen molar-refractivity contribution in [2.45, 2.75) is 37.9 Å². The Hall–Kier alpha value is -2.08. The lowest BCUT2D eigenvalue weighted by Gasteiger charge is -2.21. The summed E-state index contributed by atoms with van der Waals surface area (Å²) >= 11 is 0. The lowest BCUT2D eigenvalue weighted by Crippen LogP contribution is -2.46. The molecule has 124 valence electrons. The number of oxime groups is 1. The van der Waals surface area contributed by atoms with Gasteiger partial charge in [-0.1, -0.05) is 17.3 Å². The Morgan fingerprint density at radius 3 is 3.04 bits per heavy atom. The van der Waals surface area contributed by atoms with Gasteiger partial charge in [-0.15, -0.1) is 0 Å². The van der Waals surface area contributed by atoms with Gasteiger partial charge in [0, 0.05) is 25.1 Å². The fourth-order valence-corrected chi connectivity index (χ4v) is 2.89. The van der Waals surface area contributed by atoms with Crippen LogP contribution in [0.3, 0.4) is 0 Å². The van der Waals surface area contributed by atoms with Crippen molar-refractivity contribution in [3.05, 3.63) is 29.8 Å². The monoisotopic (exact) mass is 318 g/mol. The molecule has 0 radical (unpaired) electrons. The number of amides is 1. The highest BCUT2D eigenvalue weighted by Gasteiger charge is 2.42. The topological polar surface area (TPSA) is 69.2 Å². The molecular weight excluding hydrogens is 296 g/mol. The second-order valence-electron chi connectivity index (χ2n) is 6.08. The van der Waals surface area contributed by atoms with E-state index in [4.69, 9.17) is 14.3 Å². The smallest absolute Gasteiger partial charge is 0.267 e. The molecule has 1 aromatic rings. The van der Waals surface area contributed by atoms with Crippen LogP contribution in [-0.2, 0) is 14.4 Å². The highest BCUT2D eigenvalue weighted by molar-refractivity contribution is 6.07. The summed E-state index contributed by atoms with van der Waals surface area (Å²) in [7, 11) is 1.61. The zero-order valence-corrected chi connectivity index (χ0v) is 13.5. The van der Waals surface area contributed by atoms with Crippen molar-refractivity contribution >= 4 is 11.6 Å². The number of carbonyl (C=O) groups excluding carboxylic acids is 1. The van der Waals surface area contributed by atoms with Gasteiger partial charge in [0.25, 0.3) is 5.91 Å². The van der Waals surface area contributed by atoms with Gasteiger partial charge in [-0.25, -0.2) is 0 Å². The molecule has 0 bridgehead atoms. The summed E-state index contributed by atoms with van der Waals surface area (Å²) < 4.78 is 10.9. The molecule has 0 unspecified atom stereocenters. The van der Waals surface area contributed by atoms with Gasteiger partial charge in [-0.2, -0.15) is 0 Å². The van der Waals surface area contributed by atoms with Gasteiger partial charge in [-0.3, -0.25) is 4.79 Å². The molecule has 2 atom stereocenters. The standard InChI is InChI=1S/C17H22N2O4/c1-17(16(20)18-11-12-6-5-9-22-12)10-14(19-23-17)13-7-3-4-8-15(13)21-2/h3-4,7-8,12H,5-6,9-11H2,1-2H3,(H,18,20)/t12-,17-/m0/s1. The largest absolute Gasteiger partial charge is 0.496 e. The van der Waals surface area contributed by atoms with Crippen LogP contribution in [0.4, 0.5) is 0 Å². The third-order valence-corrected chi connectivity index (χ3v) is 4.27. The molecule has 0 aliphatic carbocycles. The third-order valence-electron chi connectivity index (χ3n) is 4.27. The zero-order chi connectivity index (χ0) is 16.3. The Labute approximate surface area is 135 Å². The summed E-state index contributed by atoms with van der Waals surface area (Å²) in [5.74, 6) is 0.556. The Morgan fingerprint density at radius 1 is 1.48 bits per heavy atom. The first kappa shape index (κ1) is 15.8. The molecule has 1 N–H and O–H groups in total. The molecule has 1 fully saturated rings. The summed E-state index contributed by atoms with van der Waals surface area (Å²) in [6.45, 7) is 3.04. The lowest BCUT2D eigenvalue weighted by molar-refractivity contribution is -0.142. The molecule has 6 nitrogen and oxygen atoms in total. The first-order valence-electron chi connectivity index (χ1n) is 7.91. The number of ether oxygens (including phenoxy) is 2. The van der Waals surface area contributed by atoms with Crippen LogP contribution >= 0.6 is 0 Å². The molecule has 2 aliphatic rings. The molecule has 6 heteroatoms. The number of rotatable bonds is 5. The lowest BCUT2D eigenvalue weighted by atomic mass is 9.94. The minimum absolute atomic E-state index is 0.110. The molecule has 0 saturated carbocycles. The Balaban J connectivity index is 1.63. The van der Waals surface area contributed by atoms with E-state index in [1.165, 1.54) is 0 Å². The summed E-state index contributed by atoms with van der Waals surface area (Å²) in [6, 6.07) is 7.59. The number of methoxy groups -OCH3 is 1. The van der Waals surface area contributed by atoms with Crippen LogP contribution < -0.4 is 10.1 Å². The molecule has 2 aliphatic heterocycles. The van der Waals surface area contributed by atoms with E-state index in [1.54, 1.807) is 14.0 Å². The molecular formula is C17H22N2O4. The van der Waals surface area contributed by atoms with E-state index in [0.29, 0.717) is 13.0 Å². The minimum Gasteiger partial charge on any atom is -0.496 e. The first-order valence-corrected chi connectivity index (χ1v) is 7.91. The quantitative estimate of drug-likeness (QED) is 0.900. The third kappa shape index (κ3) is 3.32. The fraction of sp³-hybridized carbons (Fsp3) is 0.529. The summed E-state index contributed by atoms with van der Waals surface area (Å²) in [6.07, 6.45) is 2.56. The predicted molar refractivity (Wildman–Crippen MR) is 85.6 cm³/mol. The van der Waals surface area contributed by atoms with Crippen molar-refractivity contribution in [1.82, 2.24) is 5.32 Å². The average Bonchev–Trinajstić information content (AvgIpc) is 3.23. The number of para-hydroxylation sites is 1. The fourth-order valence-electron chi connectivity index (χ4n) is 2.89. The Morgan fingerprint density at radius 2 is 2.30 bits per heavy atom. The minimum atomic E-state index is -0.991. The van der Waals surface area contributed by atoms with E-state index in [0.717, 1.165) is 36.5 Å². The van der Waals surface area contributed by atoms with Gasteiger partial charge in [0.15, 0.2) is 0 Å². The van der Waals surface area contributed by atoms with Gasteiger partial charge in [0.05, 0.1) is 18.9 Å². The van der Waals surface area contributed by atoms with Crippen LogP contribution in [0, 0.1) is 0 Å². The van der Waals surface area contributed by atoms with Crippen LogP contribution in [-0.4, -0.2) is 43.6 Å². The molecule has 3 rings (SSSR count). The van der Waals surface area contributed by atoms with E-state index in [2.05, 4.69) is 10.5 Å². The second kappa shape index (κ2) is 6.58. The van der Waals surface area contributed by atoms with Crippen molar-refractivity contribution in [2.24, 2.45) is 5.16 Å². The first-order chi connectivity index (χ1) is 11.1. The number of hydrogen-bond donors (Lipinski definition) is 1. The molecule has 0 aromatic heterocycles. The van der Waals surface area contributed by atoms with Gasteiger partial charge in [-0.05, 0) is 31.9 Å². The van der Waals surface area contributed by atoms with Crippen molar-refractivity contribution in [3.63, 3.8) is 0 Å². The van der Waals surface area contributed by atoms with Crippen LogP contribution in [0.2, 0.25) is 0 Å². The van der Waals surface area contributed by atoms with Crippen molar-refractivity contribution < 1.29 is 19.1 Å². The van der Waals surface area contributed by atoms with Gasteiger partial charge in [0.1, 0.15) is 5.75 Å². The van der Waals surface area contributed by atoms with Crippen molar-refractivity contribution in [2.75, 3.05) is 20.3 Å². The summed E-state index contributed by atoms with van der Waals surface area (Å²) in [5, 5.41) is 7.03. The zero-order valence-electron chi connectivity index (χ0n) is 13.5. The predicted octanol–water partition coefficient (Wildman–Crippen LogP) is 1.87. The van der Waals surface area contributed by atoms with E-state index in [1.807, 2.05) is 24.3 Å². The maximum atomic E-state index is 12.5. The molecule has 1 saturated heterocycles. The summed E-state index contributed by atoms with van der Waals surface area (Å²) in [5.41, 5.74) is 0.581. The Bertz CT molecular complexity index is 610. The van der Waals surface area contributed by atoms with E-state index in [9.17, 15) is 4.79 Å². The number of nitrogens with one attached hydrogen (secondary N) is 1. The number of carbonyl (C=O) groups is 1. The number of benzene rings is 1. The molecule has 0 spiro atoms. The van der Waals surface area contributed by atoms with Crippen LogP contribution in [0.1, 0.15) is 31.7 Å². The maximum Gasteiger partial charge on any atom is 0.267 e. The second-order valence-corrected chi connectivity index (χ2v) is 6.08. The van der Waals surface area contributed by atoms with Crippen molar-refractivity contribution in [1.29, 1.82) is 0 Å². The van der Waals surface area contributed by atoms with Crippen LogP contribution in [0.25, 0.3) is 0 Å². The normalized spacial score (nSPS) is 26.5. The van der Waals surface area contributed by atoms with Crippen LogP contribution in [0.5, 0.6) is 5.75 Å². The van der Waals surface area contributed by atoms with E-state index >= 15 is 0 Å². The van der Waals surface area contributed by atoms with Gasteiger partial charge in [0.2, 0.25) is 5.60 Å². The number of hydrogen-bond acceptors (Lipinski definition) is 5. The molecule has 2 heterocycles. The maximum absolute atomic E-state index is 12.5. The van der Waals surface area contributed by atoms with E-state index < -0.39 is 5.60 Å².